The smallest absolute Gasteiger partial charge is 0.313 e. The van der Waals surface area contributed by atoms with Crippen molar-refractivity contribution in [2.45, 2.75) is 104 Å². The third-order valence-corrected chi connectivity index (χ3v) is 12.3. The number of aryl methyl sites for hydroxylation is 2. The number of phenolic OH excluding ortho intramolecular Hbond substituents is 2. The number of Topliss-reactive ketones (excluding diaryl/α,β-unsaturated/α-hetero) is 3. The van der Waals surface area contributed by atoms with Crippen molar-refractivity contribution in [1.82, 2.24) is 14.9 Å². The topological polar surface area (TPSA) is 194 Å². The number of carbonyl (C=O) groups is 5. The SMILES string of the molecule is CC(=O)c1c(O)c(C)nc2ccc(O)cc12.CCOC(=O)C12CC(=O)[C@@H]3CC4(CC(=O)c5c(c(C)nc6ccc(O)cc56)O4)CN3C(=O)[C@@H](C)CCCCC/C=C\[C@@H]1C2. The van der Waals surface area contributed by atoms with Crippen molar-refractivity contribution in [2.75, 3.05) is 13.2 Å². The Morgan fingerprint density at radius 3 is 2.29 bits per heavy atom. The number of nitrogens with zero attached hydrogens (tertiary/aromatic N) is 3. The highest BCUT2D eigenvalue weighted by molar-refractivity contribution is 6.12. The van der Waals surface area contributed by atoms with Gasteiger partial charge in [0.15, 0.2) is 23.1 Å². The Balaban J connectivity index is 0.000000276. The minimum atomic E-state index is -1.10. The predicted molar refractivity (Wildman–Crippen MR) is 219 cm³/mol. The maximum absolute atomic E-state index is 14.2. The van der Waals surface area contributed by atoms with Gasteiger partial charge in [0.05, 0.1) is 64.6 Å². The second kappa shape index (κ2) is 16.1. The number of allylic oxidation sites excluding steroid dienone is 2. The Hall–Kier alpha value is -5.85. The largest absolute Gasteiger partial charge is 0.508 e. The van der Waals surface area contributed by atoms with Gasteiger partial charge >= 0.3 is 5.97 Å². The number of ether oxygens (including phenoxy) is 2. The summed E-state index contributed by atoms with van der Waals surface area (Å²) in [5.74, 6) is -1.20. The molecular formula is C46H51N3O10. The molecule has 59 heavy (non-hydrogen) atoms. The fourth-order valence-electron chi connectivity index (χ4n) is 9.14. The highest BCUT2D eigenvalue weighted by Crippen LogP contribution is 2.58. The number of aromatic nitrogens is 2. The van der Waals surface area contributed by atoms with E-state index < -0.39 is 17.1 Å². The van der Waals surface area contributed by atoms with Crippen LogP contribution in [0.25, 0.3) is 21.8 Å². The van der Waals surface area contributed by atoms with E-state index >= 15 is 0 Å². The summed E-state index contributed by atoms with van der Waals surface area (Å²) in [6.45, 7) is 8.77. The molecular weight excluding hydrogens is 755 g/mol. The number of hydrogen-bond donors (Lipinski definition) is 3. The van der Waals surface area contributed by atoms with Crippen molar-refractivity contribution in [3.63, 3.8) is 0 Å². The van der Waals surface area contributed by atoms with Gasteiger partial charge in [0.1, 0.15) is 22.8 Å². The molecule has 2 aromatic heterocycles. The summed E-state index contributed by atoms with van der Waals surface area (Å²) in [7, 11) is 0. The lowest BCUT2D eigenvalue weighted by Gasteiger charge is -2.35. The van der Waals surface area contributed by atoms with Crippen LogP contribution >= 0.6 is 0 Å². The number of fused-ring (bicyclic) bond motifs is 6. The molecule has 5 atom stereocenters. The summed E-state index contributed by atoms with van der Waals surface area (Å²) in [6, 6.07) is 8.44. The molecule has 4 aliphatic rings. The molecule has 2 unspecified atom stereocenters. The number of hydrogen-bond acceptors (Lipinski definition) is 12. The van der Waals surface area contributed by atoms with Crippen LogP contribution in [0.3, 0.4) is 0 Å². The van der Waals surface area contributed by atoms with Crippen LogP contribution in [0.2, 0.25) is 0 Å². The first kappa shape index (κ1) is 41.3. The van der Waals surface area contributed by atoms with Crippen molar-refractivity contribution >= 4 is 51.0 Å². The Kier molecular flexibility index (Phi) is 11.3. The van der Waals surface area contributed by atoms with Crippen molar-refractivity contribution < 1.29 is 48.8 Å². The van der Waals surface area contributed by atoms with Gasteiger partial charge in [-0.15, -0.1) is 0 Å². The molecule has 1 aliphatic carbocycles. The molecule has 3 N–H and O–H groups in total. The highest BCUT2D eigenvalue weighted by atomic mass is 16.5. The Labute approximate surface area is 342 Å². The van der Waals surface area contributed by atoms with Crippen LogP contribution in [0.5, 0.6) is 23.0 Å². The van der Waals surface area contributed by atoms with Gasteiger partial charge in [-0.2, -0.15) is 0 Å². The fraction of sp³-hybridized carbons (Fsp3) is 0.457. The predicted octanol–water partition coefficient (Wildman–Crippen LogP) is 7.40. The van der Waals surface area contributed by atoms with Gasteiger partial charge in [0, 0.05) is 29.5 Å². The normalized spacial score (nSPS) is 26.1. The molecule has 1 spiro atoms. The first-order valence-corrected chi connectivity index (χ1v) is 20.4. The van der Waals surface area contributed by atoms with Gasteiger partial charge in [-0.3, -0.25) is 24.0 Å². The number of rotatable bonds is 3. The van der Waals surface area contributed by atoms with E-state index in [1.807, 2.05) is 6.92 Å². The van der Waals surface area contributed by atoms with Gasteiger partial charge in [0.2, 0.25) is 5.91 Å². The third-order valence-electron chi connectivity index (χ3n) is 12.3. The van der Waals surface area contributed by atoms with E-state index in [9.17, 15) is 39.3 Å². The van der Waals surface area contributed by atoms with E-state index in [1.165, 1.54) is 31.2 Å². The van der Waals surface area contributed by atoms with E-state index in [4.69, 9.17) is 9.47 Å². The van der Waals surface area contributed by atoms with Crippen LogP contribution in [0, 0.1) is 31.1 Å². The molecule has 2 fully saturated rings. The molecule has 1 saturated heterocycles. The Morgan fingerprint density at radius 2 is 1.59 bits per heavy atom. The maximum atomic E-state index is 14.2. The third kappa shape index (κ3) is 7.86. The molecule has 13 heteroatoms. The molecule has 0 radical (unpaired) electrons. The van der Waals surface area contributed by atoms with E-state index in [0.29, 0.717) is 57.3 Å². The number of ketones is 3. The van der Waals surface area contributed by atoms with Crippen LogP contribution < -0.4 is 4.74 Å². The number of benzene rings is 2. The zero-order valence-electron chi connectivity index (χ0n) is 34.2. The summed E-state index contributed by atoms with van der Waals surface area (Å²) in [4.78, 5) is 77.0. The lowest BCUT2D eigenvalue weighted by atomic mass is 9.84. The number of carbonyl (C=O) groups excluding carboxylic acids is 5. The summed E-state index contributed by atoms with van der Waals surface area (Å²) in [5, 5.41) is 30.3. The molecule has 8 rings (SSSR count). The number of aromatic hydroxyl groups is 3. The van der Waals surface area contributed by atoms with Crippen LogP contribution in [-0.2, 0) is 19.1 Å². The minimum absolute atomic E-state index is 0.00939. The molecule has 310 valence electrons. The zero-order valence-corrected chi connectivity index (χ0v) is 34.2. The van der Waals surface area contributed by atoms with Crippen LogP contribution in [0.4, 0.5) is 0 Å². The van der Waals surface area contributed by atoms with Gasteiger partial charge in [0.25, 0.3) is 0 Å². The second-order valence-electron chi connectivity index (χ2n) is 16.6. The standard InChI is InChI=1S/C34H40N2O7.C12H11NO3/c1-4-42-32(41)34-15-22(34)11-9-7-5-6-8-10-20(2)31(40)36-19-33(16-26(36)27(38)18-34)17-28(39)29-24-14-23(37)12-13-25(24)35-21(3)30(29)43-33;1-6-12(16)11(7(2)14)9-5-8(15)3-4-10(9)13-6/h9,11-14,20,22,26,37H,4-8,10,15-19H2,1-3H3;3-5,15-16H,1-2H3/b11-9-;/t20-,22+,26-,33?,34?;/m0./s1. The average Bonchev–Trinajstić information content (AvgIpc) is 3.76. The molecule has 13 nitrogen and oxygen atoms in total. The fourth-order valence-corrected chi connectivity index (χ4v) is 9.14. The van der Waals surface area contributed by atoms with E-state index in [0.717, 1.165) is 25.7 Å². The van der Waals surface area contributed by atoms with E-state index in [2.05, 4.69) is 22.1 Å². The van der Waals surface area contributed by atoms with Crippen molar-refractivity contribution in [1.29, 1.82) is 0 Å². The van der Waals surface area contributed by atoms with Gasteiger partial charge < -0.3 is 29.7 Å². The highest BCUT2D eigenvalue weighted by Gasteiger charge is 2.63. The van der Waals surface area contributed by atoms with Crippen molar-refractivity contribution in [3.8, 4) is 23.0 Å². The maximum Gasteiger partial charge on any atom is 0.313 e. The van der Waals surface area contributed by atoms with Crippen LogP contribution in [0.15, 0.2) is 48.6 Å². The first-order chi connectivity index (χ1) is 28.1. The number of pyridine rings is 2. The molecule has 0 bridgehead atoms. The summed E-state index contributed by atoms with van der Waals surface area (Å²) < 4.78 is 12.1. The zero-order chi connectivity index (χ0) is 42.4. The molecule has 4 aromatic rings. The first-order valence-electron chi connectivity index (χ1n) is 20.4. The summed E-state index contributed by atoms with van der Waals surface area (Å²) in [5.41, 5.74) is 0.662. The van der Waals surface area contributed by atoms with Crippen LogP contribution in [-0.4, -0.2) is 84.2 Å². The lowest BCUT2D eigenvalue weighted by Crippen LogP contribution is -2.47. The average molecular weight is 806 g/mol. The van der Waals surface area contributed by atoms with Crippen molar-refractivity contribution in [3.05, 3.63) is 71.1 Å². The molecule has 1 amide bonds. The number of amides is 1. The Morgan fingerprint density at radius 1 is 0.915 bits per heavy atom. The van der Waals surface area contributed by atoms with Crippen molar-refractivity contribution in [2.24, 2.45) is 17.3 Å². The monoisotopic (exact) mass is 805 g/mol. The van der Waals surface area contributed by atoms with Gasteiger partial charge in [-0.25, -0.2) is 9.97 Å². The Bertz CT molecular complexity index is 2430. The van der Waals surface area contributed by atoms with E-state index in [1.54, 1.807) is 37.8 Å². The van der Waals surface area contributed by atoms with E-state index in [-0.39, 0.29) is 96.3 Å². The van der Waals surface area contributed by atoms with Gasteiger partial charge in [-0.05, 0) is 95.7 Å². The van der Waals surface area contributed by atoms with Crippen LogP contribution in [0.1, 0.15) is 111 Å². The van der Waals surface area contributed by atoms with Gasteiger partial charge in [-0.1, -0.05) is 31.9 Å². The quantitative estimate of drug-likeness (QED) is 0.106. The number of phenols is 2. The summed E-state index contributed by atoms with van der Waals surface area (Å²) >= 11 is 0. The second-order valence-corrected chi connectivity index (χ2v) is 16.6. The number of esters is 1. The molecule has 5 heterocycles. The molecule has 1 saturated carbocycles. The molecule has 3 aliphatic heterocycles. The summed E-state index contributed by atoms with van der Waals surface area (Å²) in [6.07, 6.45) is 9.36. The lowest BCUT2D eigenvalue weighted by molar-refractivity contribution is -0.152. The molecule has 2 aromatic carbocycles. The minimum Gasteiger partial charge on any atom is -0.508 e.